The number of methoxy groups -OCH3 is 4. The van der Waals surface area contributed by atoms with Crippen LogP contribution in [0, 0.1) is 6.92 Å². The van der Waals surface area contributed by atoms with E-state index in [9.17, 15) is 18.0 Å². The van der Waals surface area contributed by atoms with E-state index >= 15 is 0 Å². The first kappa shape index (κ1) is 33.1. The van der Waals surface area contributed by atoms with Crippen molar-refractivity contribution in [1.82, 2.24) is 10.2 Å². The molecule has 0 aromatic heterocycles. The zero-order chi connectivity index (χ0) is 31.7. The summed E-state index contributed by atoms with van der Waals surface area (Å²) < 4.78 is 51.1. The summed E-state index contributed by atoms with van der Waals surface area (Å²) in [4.78, 5) is 28.3. The molecule has 0 bridgehead atoms. The van der Waals surface area contributed by atoms with Gasteiger partial charge < -0.3 is 29.2 Å². The number of anilines is 1. The zero-order valence-electron chi connectivity index (χ0n) is 25.5. The van der Waals surface area contributed by atoms with Crippen molar-refractivity contribution in [2.45, 2.75) is 38.3 Å². The van der Waals surface area contributed by atoms with Crippen LogP contribution >= 0.6 is 0 Å². The molecule has 0 aliphatic rings. The van der Waals surface area contributed by atoms with Gasteiger partial charge in [-0.1, -0.05) is 29.8 Å². The molecule has 3 rings (SSSR count). The minimum Gasteiger partial charge on any atom is -0.497 e. The molecule has 11 nitrogen and oxygen atoms in total. The molecule has 1 N–H and O–H groups in total. The van der Waals surface area contributed by atoms with Gasteiger partial charge in [-0.15, -0.1) is 0 Å². The first-order valence-electron chi connectivity index (χ1n) is 13.6. The number of likely N-dealkylation sites (N-methyl/N-ethyl adjacent to an activating group) is 1. The maximum atomic E-state index is 14.3. The van der Waals surface area contributed by atoms with E-state index in [1.54, 1.807) is 26.0 Å². The van der Waals surface area contributed by atoms with E-state index in [1.807, 2.05) is 31.2 Å². The largest absolute Gasteiger partial charge is 0.497 e. The number of carbonyl (C=O) groups is 2. The van der Waals surface area contributed by atoms with Gasteiger partial charge in [0.15, 0.2) is 11.5 Å². The van der Waals surface area contributed by atoms with Crippen LogP contribution in [0.4, 0.5) is 5.69 Å². The summed E-state index contributed by atoms with van der Waals surface area (Å²) >= 11 is 0. The molecule has 0 saturated carbocycles. The Morgan fingerprint density at radius 2 is 1.47 bits per heavy atom. The van der Waals surface area contributed by atoms with Gasteiger partial charge in [-0.2, -0.15) is 0 Å². The molecule has 0 aliphatic heterocycles. The van der Waals surface area contributed by atoms with Crippen LogP contribution in [0.3, 0.4) is 0 Å². The average molecular weight is 614 g/mol. The lowest BCUT2D eigenvalue weighted by molar-refractivity contribution is -0.139. The molecule has 0 unspecified atom stereocenters. The third-order valence-electron chi connectivity index (χ3n) is 6.87. The van der Waals surface area contributed by atoms with Crippen molar-refractivity contribution in [1.29, 1.82) is 0 Å². The van der Waals surface area contributed by atoms with Gasteiger partial charge in [0.1, 0.15) is 24.1 Å². The number of nitrogens with one attached hydrogen (secondary N) is 1. The molecule has 3 aromatic rings. The smallest absolute Gasteiger partial charge is 0.265 e. The molecule has 12 heteroatoms. The highest BCUT2D eigenvalue weighted by Crippen LogP contribution is 2.37. The number of hydrogen-bond acceptors (Lipinski definition) is 8. The number of sulfonamides is 1. The molecule has 0 aliphatic carbocycles. The van der Waals surface area contributed by atoms with Crippen molar-refractivity contribution in [3.05, 3.63) is 71.8 Å². The molecule has 43 heavy (non-hydrogen) atoms. The highest BCUT2D eigenvalue weighted by molar-refractivity contribution is 7.92. The van der Waals surface area contributed by atoms with Crippen LogP contribution in [0.25, 0.3) is 0 Å². The monoisotopic (exact) mass is 613 g/mol. The standard InChI is InChI=1S/C31H39N3O8S/c1-8-32-31(36)22(3)33(19-23-11-9-21(2)10-12-23)30(35)20-34(26-17-24(39-4)13-15-27(26)40-5)43(37,38)25-14-16-28(41-6)29(18-25)42-7/h9-18,22H,8,19-20H2,1-7H3,(H,32,36)/t22-/m0/s1. The molecule has 3 aromatic carbocycles. The minimum atomic E-state index is -4.42. The highest BCUT2D eigenvalue weighted by atomic mass is 32.2. The number of benzene rings is 3. The Morgan fingerprint density at radius 1 is 0.837 bits per heavy atom. The molecule has 0 fully saturated rings. The number of hydrogen-bond donors (Lipinski definition) is 1. The Hall–Kier alpha value is -4.45. The molecule has 232 valence electrons. The first-order valence-corrected chi connectivity index (χ1v) is 15.0. The van der Waals surface area contributed by atoms with Crippen molar-refractivity contribution < 1.29 is 37.0 Å². The molecule has 1 atom stereocenters. The fourth-order valence-corrected chi connectivity index (χ4v) is 5.84. The van der Waals surface area contributed by atoms with E-state index < -0.39 is 28.5 Å². The van der Waals surface area contributed by atoms with Crippen molar-refractivity contribution in [2.75, 3.05) is 45.8 Å². The number of nitrogens with zero attached hydrogens (tertiary/aromatic N) is 2. The predicted molar refractivity (Wildman–Crippen MR) is 163 cm³/mol. The minimum absolute atomic E-state index is 0.0749. The quantitative estimate of drug-likeness (QED) is 0.292. The van der Waals surface area contributed by atoms with Crippen LogP contribution in [0.5, 0.6) is 23.0 Å². The van der Waals surface area contributed by atoms with Gasteiger partial charge in [-0.3, -0.25) is 13.9 Å². The first-order chi connectivity index (χ1) is 20.5. The molecule has 0 saturated heterocycles. The number of aryl methyl sites for hydroxylation is 1. The molecule has 0 heterocycles. The maximum Gasteiger partial charge on any atom is 0.265 e. The molecular weight excluding hydrogens is 574 g/mol. The second kappa shape index (κ2) is 14.6. The third-order valence-corrected chi connectivity index (χ3v) is 8.62. The molecule has 2 amide bonds. The highest BCUT2D eigenvalue weighted by Gasteiger charge is 2.34. The Balaban J connectivity index is 2.17. The van der Waals surface area contributed by atoms with E-state index in [4.69, 9.17) is 18.9 Å². The van der Waals surface area contributed by atoms with E-state index in [0.29, 0.717) is 18.0 Å². The second-order valence-corrected chi connectivity index (χ2v) is 11.5. The Labute approximate surface area is 253 Å². The lowest BCUT2D eigenvalue weighted by Gasteiger charge is -2.32. The van der Waals surface area contributed by atoms with E-state index in [1.165, 1.54) is 57.6 Å². The Morgan fingerprint density at radius 3 is 2.05 bits per heavy atom. The van der Waals surface area contributed by atoms with Crippen molar-refractivity contribution in [2.24, 2.45) is 0 Å². The summed E-state index contributed by atoms with van der Waals surface area (Å²) in [6, 6.07) is 15.4. The van der Waals surface area contributed by atoms with E-state index in [0.717, 1.165) is 15.4 Å². The molecule has 0 radical (unpaired) electrons. The third kappa shape index (κ3) is 7.69. The Bertz CT molecular complexity index is 1530. The van der Waals surface area contributed by atoms with E-state index in [2.05, 4.69) is 5.32 Å². The average Bonchev–Trinajstić information content (AvgIpc) is 3.02. The van der Waals surface area contributed by atoms with Gasteiger partial charge >= 0.3 is 0 Å². The van der Waals surface area contributed by atoms with Gasteiger partial charge in [0, 0.05) is 25.2 Å². The lowest BCUT2D eigenvalue weighted by atomic mass is 10.1. The predicted octanol–water partition coefficient (Wildman–Crippen LogP) is 3.78. The zero-order valence-corrected chi connectivity index (χ0v) is 26.4. The van der Waals surface area contributed by atoms with Gasteiger partial charge in [-0.05, 0) is 50.6 Å². The summed E-state index contributed by atoms with van der Waals surface area (Å²) in [7, 11) is 1.26. The number of amides is 2. The SMILES string of the molecule is CCNC(=O)[C@H](C)N(Cc1ccc(C)cc1)C(=O)CN(c1cc(OC)ccc1OC)S(=O)(=O)c1ccc(OC)c(OC)c1. The van der Waals surface area contributed by atoms with Crippen molar-refractivity contribution in [3.63, 3.8) is 0 Å². The van der Waals surface area contributed by atoms with E-state index in [-0.39, 0.29) is 34.5 Å². The lowest BCUT2D eigenvalue weighted by Crippen LogP contribution is -2.51. The van der Waals surface area contributed by atoms with Gasteiger partial charge in [-0.25, -0.2) is 8.42 Å². The summed E-state index contributed by atoms with van der Waals surface area (Å²) in [5.74, 6) is 0.105. The molecular formula is C31H39N3O8S. The van der Waals surface area contributed by atoms with Gasteiger partial charge in [0.05, 0.1) is 39.0 Å². The molecule has 0 spiro atoms. The van der Waals surface area contributed by atoms with Gasteiger partial charge in [0.25, 0.3) is 10.0 Å². The van der Waals surface area contributed by atoms with Crippen LogP contribution in [0.15, 0.2) is 65.6 Å². The summed E-state index contributed by atoms with van der Waals surface area (Å²) in [5.41, 5.74) is 1.89. The van der Waals surface area contributed by atoms with Crippen LogP contribution in [-0.2, 0) is 26.2 Å². The second-order valence-electron chi connectivity index (χ2n) is 9.64. The summed E-state index contributed by atoms with van der Waals surface area (Å²) in [6.07, 6.45) is 0. The van der Waals surface area contributed by atoms with Crippen LogP contribution in [0.1, 0.15) is 25.0 Å². The number of ether oxygens (including phenoxy) is 4. The van der Waals surface area contributed by atoms with Crippen LogP contribution in [0.2, 0.25) is 0 Å². The van der Waals surface area contributed by atoms with Crippen LogP contribution < -0.4 is 28.6 Å². The summed E-state index contributed by atoms with van der Waals surface area (Å²) in [5, 5.41) is 2.75. The topological polar surface area (TPSA) is 124 Å². The fraction of sp³-hybridized carbons (Fsp3) is 0.355. The maximum absolute atomic E-state index is 14.3. The fourth-order valence-electron chi connectivity index (χ4n) is 4.40. The Kier molecular flexibility index (Phi) is 11.2. The summed E-state index contributed by atoms with van der Waals surface area (Å²) in [6.45, 7) is 5.14. The van der Waals surface area contributed by atoms with Crippen molar-refractivity contribution >= 4 is 27.5 Å². The number of carbonyl (C=O) groups excluding carboxylic acids is 2. The number of rotatable bonds is 14. The van der Waals surface area contributed by atoms with Crippen LogP contribution in [-0.4, -0.2) is 72.7 Å². The van der Waals surface area contributed by atoms with Gasteiger partial charge in [0.2, 0.25) is 11.8 Å². The van der Waals surface area contributed by atoms with Crippen molar-refractivity contribution in [3.8, 4) is 23.0 Å². The normalized spacial score (nSPS) is 11.7.